The molecule has 0 radical (unpaired) electrons. The lowest BCUT2D eigenvalue weighted by molar-refractivity contribution is -0.119. The van der Waals surface area contributed by atoms with Crippen molar-refractivity contribution in [2.75, 3.05) is 6.54 Å². The van der Waals surface area contributed by atoms with Crippen LogP contribution < -0.4 is 16.4 Å². The second-order valence-electron chi connectivity index (χ2n) is 4.34. The Balaban J connectivity index is 2.19. The highest BCUT2D eigenvalue weighted by atomic mass is 16.2. The van der Waals surface area contributed by atoms with E-state index in [1.807, 2.05) is 5.32 Å². The maximum Gasteiger partial charge on any atom is 0.318 e. The zero-order valence-electron chi connectivity index (χ0n) is 9.63. The van der Waals surface area contributed by atoms with Gasteiger partial charge in [-0.3, -0.25) is 10.1 Å². The van der Waals surface area contributed by atoms with Gasteiger partial charge in [0.1, 0.15) is 0 Å². The third kappa shape index (κ3) is 5.70. The second kappa shape index (κ2) is 7.22. The molecule has 1 fully saturated rings. The molecule has 1 rings (SSSR count). The SMILES string of the molecule is NC(=O)NC(=O)CNC1CCCCCCC1. The van der Waals surface area contributed by atoms with E-state index in [0.29, 0.717) is 6.04 Å². The Bertz CT molecular complexity index is 235. The Morgan fingerprint density at radius 1 is 1.06 bits per heavy atom. The summed E-state index contributed by atoms with van der Waals surface area (Å²) in [5.74, 6) is -0.352. The summed E-state index contributed by atoms with van der Waals surface area (Å²) in [6.45, 7) is 0.174. The molecule has 0 aliphatic heterocycles. The molecule has 5 nitrogen and oxygen atoms in total. The van der Waals surface area contributed by atoms with E-state index in [4.69, 9.17) is 5.73 Å². The van der Waals surface area contributed by atoms with Gasteiger partial charge in [0.25, 0.3) is 0 Å². The average molecular weight is 227 g/mol. The topological polar surface area (TPSA) is 84.2 Å². The summed E-state index contributed by atoms with van der Waals surface area (Å²) < 4.78 is 0. The normalized spacial score (nSPS) is 18.5. The van der Waals surface area contributed by atoms with Crippen molar-refractivity contribution in [3.8, 4) is 0 Å². The van der Waals surface area contributed by atoms with Crippen LogP contribution >= 0.6 is 0 Å². The summed E-state index contributed by atoms with van der Waals surface area (Å²) in [4.78, 5) is 21.6. The first-order valence-electron chi connectivity index (χ1n) is 6.01. The molecule has 0 aromatic carbocycles. The van der Waals surface area contributed by atoms with Gasteiger partial charge in [0.05, 0.1) is 6.54 Å². The van der Waals surface area contributed by atoms with Gasteiger partial charge in [0, 0.05) is 6.04 Å². The van der Waals surface area contributed by atoms with Crippen molar-refractivity contribution in [2.45, 2.75) is 51.0 Å². The first kappa shape index (κ1) is 13.0. The molecule has 16 heavy (non-hydrogen) atoms. The number of primary amides is 1. The summed E-state index contributed by atoms with van der Waals surface area (Å²) in [7, 11) is 0. The van der Waals surface area contributed by atoms with Gasteiger partial charge in [-0.25, -0.2) is 4.79 Å². The maximum absolute atomic E-state index is 11.2. The van der Waals surface area contributed by atoms with Crippen LogP contribution in [0.5, 0.6) is 0 Å². The van der Waals surface area contributed by atoms with E-state index < -0.39 is 6.03 Å². The van der Waals surface area contributed by atoms with Gasteiger partial charge < -0.3 is 11.1 Å². The lowest BCUT2D eigenvalue weighted by Gasteiger charge is -2.20. The van der Waals surface area contributed by atoms with E-state index in [-0.39, 0.29) is 12.5 Å². The minimum atomic E-state index is -0.788. The zero-order chi connectivity index (χ0) is 11.8. The van der Waals surface area contributed by atoms with E-state index in [9.17, 15) is 9.59 Å². The van der Waals surface area contributed by atoms with Crippen molar-refractivity contribution in [1.82, 2.24) is 10.6 Å². The summed E-state index contributed by atoms with van der Waals surface area (Å²) >= 11 is 0. The molecule has 92 valence electrons. The molecule has 1 saturated carbocycles. The number of imide groups is 1. The van der Waals surface area contributed by atoms with Crippen LogP contribution in [0.25, 0.3) is 0 Å². The maximum atomic E-state index is 11.2. The molecule has 5 heteroatoms. The van der Waals surface area contributed by atoms with Gasteiger partial charge in [-0.1, -0.05) is 32.1 Å². The highest BCUT2D eigenvalue weighted by Gasteiger charge is 2.12. The third-order valence-corrected chi connectivity index (χ3v) is 2.92. The molecule has 0 unspecified atom stereocenters. The Morgan fingerprint density at radius 3 is 2.19 bits per heavy atom. The van der Waals surface area contributed by atoms with E-state index in [1.165, 1.54) is 32.1 Å². The highest BCUT2D eigenvalue weighted by molar-refractivity contribution is 5.94. The highest BCUT2D eigenvalue weighted by Crippen LogP contribution is 2.16. The van der Waals surface area contributed by atoms with Gasteiger partial charge in [-0.05, 0) is 12.8 Å². The number of nitrogens with one attached hydrogen (secondary N) is 2. The van der Waals surface area contributed by atoms with Gasteiger partial charge in [0.15, 0.2) is 0 Å². The molecule has 0 aromatic rings. The number of carbonyl (C=O) groups is 2. The van der Waals surface area contributed by atoms with E-state index in [0.717, 1.165) is 12.8 Å². The molecular formula is C11H21N3O2. The summed E-state index contributed by atoms with van der Waals surface area (Å²) in [5, 5.41) is 5.22. The second-order valence-corrected chi connectivity index (χ2v) is 4.34. The van der Waals surface area contributed by atoms with Crippen LogP contribution in [-0.4, -0.2) is 24.5 Å². The van der Waals surface area contributed by atoms with E-state index in [2.05, 4.69) is 5.32 Å². The van der Waals surface area contributed by atoms with Gasteiger partial charge in [-0.2, -0.15) is 0 Å². The molecule has 0 saturated heterocycles. The average Bonchev–Trinajstić information content (AvgIpc) is 2.14. The Morgan fingerprint density at radius 2 is 1.62 bits per heavy atom. The third-order valence-electron chi connectivity index (χ3n) is 2.92. The molecule has 0 aromatic heterocycles. The minimum absolute atomic E-state index is 0.174. The van der Waals surface area contributed by atoms with Crippen molar-refractivity contribution in [3.63, 3.8) is 0 Å². The van der Waals surface area contributed by atoms with Crippen LogP contribution in [0, 0.1) is 0 Å². The van der Waals surface area contributed by atoms with Crippen LogP contribution in [0.1, 0.15) is 44.9 Å². The van der Waals surface area contributed by atoms with E-state index in [1.54, 1.807) is 0 Å². The van der Waals surface area contributed by atoms with Crippen LogP contribution in [0.2, 0.25) is 0 Å². The first-order valence-corrected chi connectivity index (χ1v) is 6.01. The van der Waals surface area contributed by atoms with Gasteiger partial charge in [-0.15, -0.1) is 0 Å². The molecule has 0 bridgehead atoms. The van der Waals surface area contributed by atoms with Crippen LogP contribution in [-0.2, 0) is 4.79 Å². The summed E-state index contributed by atoms with van der Waals surface area (Å²) in [6, 6.07) is -0.386. The fraction of sp³-hybridized carbons (Fsp3) is 0.818. The number of amides is 3. The molecule has 4 N–H and O–H groups in total. The van der Waals surface area contributed by atoms with Gasteiger partial charge in [0.2, 0.25) is 5.91 Å². The molecule has 0 spiro atoms. The van der Waals surface area contributed by atoms with Crippen LogP contribution in [0.3, 0.4) is 0 Å². The fourth-order valence-electron chi connectivity index (χ4n) is 2.08. The summed E-state index contributed by atoms with van der Waals surface area (Å²) in [5.41, 5.74) is 4.85. The molecule has 1 aliphatic rings. The van der Waals surface area contributed by atoms with Crippen molar-refractivity contribution < 1.29 is 9.59 Å². The lowest BCUT2D eigenvalue weighted by atomic mass is 9.97. The zero-order valence-corrected chi connectivity index (χ0v) is 9.63. The smallest absolute Gasteiger partial charge is 0.318 e. The molecule has 1 aliphatic carbocycles. The number of nitrogens with two attached hydrogens (primary N) is 1. The standard InChI is InChI=1S/C11H21N3O2/c12-11(16)14-10(15)8-13-9-6-4-2-1-3-5-7-9/h9,13H,1-8H2,(H3,12,14,15,16). The lowest BCUT2D eigenvalue weighted by Crippen LogP contribution is -2.43. The van der Waals surface area contributed by atoms with Crippen molar-refractivity contribution in [1.29, 1.82) is 0 Å². The number of hydrogen-bond donors (Lipinski definition) is 3. The largest absolute Gasteiger partial charge is 0.351 e. The molecular weight excluding hydrogens is 206 g/mol. The molecule has 3 amide bonds. The summed E-state index contributed by atoms with van der Waals surface area (Å²) in [6.07, 6.45) is 8.56. The number of rotatable bonds is 3. The molecule has 0 heterocycles. The molecule has 0 atom stereocenters. The number of urea groups is 1. The quantitative estimate of drug-likeness (QED) is 0.669. The van der Waals surface area contributed by atoms with E-state index >= 15 is 0 Å². The predicted octanol–water partition coefficient (Wildman–Crippen LogP) is 0.884. The fourth-order valence-corrected chi connectivity index (χ4v) is 2.08. The Kier molecular flexibility index (Phi) is 5.85. The minimum Gasteiger partial charge on any atom is -0.351 e. The predicted molar refractivity (Wildman–Crippen MR) is 61.8 cm³/mol. The van der Waals surface area contributed by atoms with Crippen molar-refractivity contribution in [3.05, 3.63) is 0 Å². The van der Waals surface area contributed by atoms with Crippen molar-refractivity contribution >= 4 is 11.9 Å². The van der Waals surface area contributed by atoms with Crippen LogP contribution in [0.15, 0.2) is 0 Å². The monoisotopic (exact) mass is 227 g/mol. The number of hydrogen-bond acceptors (Lipinski definition) is 3. The Hall–Kier alpha value is -1.10. The Labute approximate surface area is 96.1 Å². The van der Waals surface area contributed by atoms with Crippen molar-refractivity contribution in [2.24, 2.45) is 5.73 Å². The number of carbonyl (C=O) groups excluding carboxylic acids is 2. The van der Waals surface area contributed by atoms with Gasteiger partial charge >= 0.3 is 6.03 Å². The van der Waals surface area contributed by atoms with Crippen LogP contribution in [0.4, 0.5) is 4.79 Å². The first-order chi connectivity index (χ1) is 7.68.